The summed E-state index contributed by atoms with van der Waals surface area (Å²) in [6.45, 7) is -0.225. The third-order valence-corrected chi connectivity index (χ3v) is 2.10. The Balaban J connectivity index is 0.00000144. The molecule has 0 bridgehead atoms. The number of hydrogen-bond acceptors (Lipinski definition) is 4. The van der Waals surface area contributed by atoms with E-state index in [4.69, 9.17) is 9.84 Å². The molecule has 1 heterocycles. The third kappa shape index (κ3) is 3.09. The normalized spacial score (nSPS) is 14.0. The zero-order valence-corrected chi connectivity index (χ0v) is 11.3. The quantitative estimate of drug-likeness (QED) is 0.479. The third-order valence-electron chi connectivity index (χ3n) is 2.10. The number of Topliss-reactive ketones (excluding diaryl/α,β-unsaturated/α-hetero) is 1. The molecule has 1 aliphatic rings. The molecule has 1 aromatic rings. The second-order valence-electron chi connectivity index (χ2n) is 3.21. The van der Waals surface area contributed by atoms with Gasteiger partial charge in [0.05, 0.1) is 0 Å². The largest absolute Gasteiger partial charge is 1.00 e. The van der Waals surface area contributed by atoms with Gasteiger partial charge in [0.1, 0.15) is 0 Å². The first kappa shape index (κ1) is 13.8. The van der Waals surface area contributed by atoms with Gasteiger partial charge in [-0.2, -0.15) is 0 Å². The number of hydrogen-bond donors (Lipinski definition) is 2. The molecule has 1 aliphatic heterocycles. The minimum atomic E-state index is -1.28. The molecule has 0 atom stereocenters. The number of carboxylic acids is 1. The molecule has 0 amide bonds. The summed E-state index contributed by atoms with van der Waals surface area (Å²) >= 11 is 0. The van der Waals surface area contributed by atoms with Crippen LogP contribution in [0.1, 0.15) is 1.43 Å². The first-order chi connectivity index (χ1) is 7.68. The fourth-order valence-corrected chi connectivity index (χ4v) is 1.38. The predicted molar refractivity (Wildman–Crippen MR) is 56.8 cm³/mol. The van der Waals surface area contributed by atoms with Crippen LogP contribution in [0.2, 0.25) is 0 Å². The molecule has 84 valence electrons. The molecule has 17 heavy (non-hydrogen) atoms. The summed E-state index contributed by atoms with van der Waals surface area (Å²) in [4.78, 5) is 22.0. The molecule has 5 nitrogen and oxygen atoms in total. The number of ether oxygens (including phenoxy) is 1. The molecule has 0 radical (unpaired) electrons. The van der Waals surface area contributed by atoms with Crippen LogP contribution < -0.4 is 34.9 Å². The zero-order chi connectivity index (χ0) is 11.5. The maximum absolute atomic E-state index is 11.2. The predicted octanol–water partition coefficient (Wildman–Crippen LogP) is -1.89. The van der Waals surface area contributed by atoms with Crippen molar-refractivity contribution in [3.63, 3.8) is 0 Å². The maximum Gasteiger partial charge on any atom is 1.00 e. The second kappa shape index (κ2) is 5.86. The summed E-state index contributed by atoms with van der Waals surface area (Å²) in [5.41, 5.74) is 0.342. The Morgan fingerprint density at radius 3 is 2.59 bits per heavy atom. The van der Waals surface area contributed by atoms with Crippen LogP contribution in [-0.2, 0) is 14.3 Å². The number of aliphatic carboxylic acids is 1. The van der Waals surface area contributed by atoms with E-state index in [0.717, 1.165) is 0 Å². The van der Waals surface area contributed by atoms with Gasteiger partial charge in [-0.15, -0.1) is 0 Å². The van der Waals surface area contributed by atoms with Crippen molar-refractivity contribution >= 4 is 17.4 Å². The van der Waals surface area contributed by atoms with Gasteiger partial charge < -0.3 is 16.6 Å². The molecule has 1 aromatic carbocycles. The van der Waals surface area contributed by atoms with Gasteiger partial charge in [-0.25, -0.2) is 4.79 Å². The maximum atomic E-state index is 11.2. The van der Waals surface area contributed by atoms with Crippen molar-refractivity contribution in [3.8, 4) is 0 Å². The van der Waals surface area contributed by atoms with Gasteiger partial charge in [0.2, 0.25) is 11.7 Å². The van der Waals surface area contributed by atoms with Gasteiger partial charge in [0.15, 0.2) is 12.2 Å². The number of anilines is 1. The van der Waals surface area contributed by atoms with Crippen LogP contribution in [0.3, 0.4) is 0 Å². The van der Waals surface area contributed by atoms with E-state index in [-0.39, 0.29) is 49.0 Å². The Morgan fingerprint density at radius 2 is 2.00 bits per heavy atom. The molecular weight excluding hydrogens is 233 g/mol. The van der Waals surface area contributed by atoms with Crippen molar-refractivity contribution in [2.45, 2.75) is 0 Å². The fourth-order valence-electron chi connectivity index (χ4n) is 1.38. The van der Waals surface area contributed by atoms with Crippen LogP contribution in [0, 0.1) is 0 Å². The molecule has 0 saturated heterocycles. The molecule has 2 N–H and O–H groups in total. The number of benzene rings is 1. The summed E-state index contributed by atoms with van der Waals surface area (Å²) in [5.74, 6) is -1.80. The van der Waals surface area contributed by atoms with Crippen LogP contribution in [0.15, 0.2) is 41.8 Å². The van der Waals surface area contributed by atoms with E-state index >= 15 is 0 Å². The minimum absolute atomic E-state index is 0. The number of carbonyl (C=O) groups is 2. The Morgan fingerprint density at radius 1 is 1.35 bits per heavy atom. The number of nitrogens with one attached hydrogen (secondary N) is 1. The second-order valence-corrected chi connectivity index (χ2v) is 3.21. The van der Waals surface area contributed by atoms with E-state index in [9.17, 15) is 9.59 Å². The summed E-state index contributed by atoms with van der Waals surface area (Å²) < 4.78 is 4.98. The van der Waals surface area contributed by atoms with E-state index in [0.29, 0.717) is 5.69 Å². The standard InChI is InChI=1S/C11H9NO4.Na.H/c13-8-6-16-10(9(8)11(14)15)12-7-4-2-1-3-5-7;;/h1-5,12H,6H2,(H,14,15);;/q;+1;-1. The van der Waals surface area contributed by atoms with Crippen LogP contribution >= 0.6 is 0 Å². The smallest absolute Gasteiger partial charge is 1.00 e. The Kier molecular flexibility index (Phi) is 4.74. The number of rotatable bonds is 3. The average molecular weight is 243 g/mol. The molecule has 0 aliphatic carbocycles. The Labute approximate surface area is 121 Å². The fraction of sp³-hybridized carbons (Fsp3) is 0.0909. The summed E-state index contributed by atoms with van der Waals surface area (Å²) in [5, 5.41) is 11.6. The number of carboxylic acid groups (broad SMARTS) is 1. The number of carbonyl (C=O) groups excluding carboxylic acids is 1. The van der Waals surface area contributed by atoms with Gasteiger partial charge >= 0.3 is 35.5 Å². The Hall–Kier alpha value is -1.30. The van der Waals surface area contributed by atoms with E-state index in [1.807, 2.05) is 6.07 Å². The van der Waals surface area contributed by atoms with Gasteiger partial charge in [0, 0.05) is 5.69 Å². The molecule has 2 rings (SSSR count). The zero-order valence-electron chi connectivity index (χ0n) is 10.3. The van der Waals surface area contributed by atoms with Crippen molar-refractivity contribution in [2.75, 3.05) is 11.9 Å². The van der Waals surface area contributed by atoms with Crippen LogP contribution in [-0.4, -0.2) is 23.5 Å². The summed E-state index contributed by atoms with van der Waals surface area (Å²) in [7, 11) is 0. The number of ketones is 1. The van der Waals surface area contributed by atoms with Crippen molar-refractivity contribution in [1.82, 2.24) is 0 Å². The minimum Gasteiger partial charge on any atom is -1.00 e. The van der Waals surface area contributed by atoms with Crippen LogP contribution in [0.5, 0.6) is 0 Å². The van der Waals surface area contributed by atoms with E-state index in [1.165, 1.54) is 0 Å². The first-order valence-corrected chi connectivity index (χ1v) is 4.64. The van der Waals surface area contributed by atoms with E-state index in [2.05, 4.69) is 5.32 Å². The van der Waals surface area contributed by atoms with Gasteiger partial charge in [-0.3, -0.25) is 4.79 Å². The van der Waals surface area contributed by atoms with Crippen molar-refractivity contribution in [1.29, 1.82) is 0 Å². The molecule has 6 heteroatoms. The van der Waals surface area contributed by atoms with Gasteiger partial charge in [-0.1, -0.05) is 18.2 Å². The van der Waals surface area contributed by atoms with Crippen LogP contribution in [0.25, 0.3) is 0 Å². The van der Waals surface area contributed by atoms with Gasteiger partial charge in [-0.05, 0) is 12.1 Å². The molecule has 0 aromatic heterocycles. The topological polar surface area (TPSA) is 75.6 Å². The monoisotopic (exact) mass is 243 g/mol. The first-order valence-electron chi connectivity index (χ1n) is 4.64. The Bertz CT molecular complexity index is 475. The summed E-state index contributed by atoms with van der Waals surface area (Å²) in [6.07, 6.45) is 0. The van der Waals surface area contributed by atoms with E-state index < -0.39 is 11.8 Å². The molecule has 0 fully saturated rings. The van der Waals surface area contributed by atoms with E-state index in [1.54, 1.807) is 24.3 Å². The summed E-state index contributed by atoms with van der Waals surface area (Å²) in [6, 6.07) is 8.91. The van der Waals surface area contributed by atoms with Crippen molar-refractivity contribution in [3.05, 3.63) is 41.8 Å². The van der Waals surface area contributed by atoms with Crippen molar-refractivity contribution in [2.24, 2.45) is 0 Å². The van der Waals surface area contributed by atoms with Crippen LogP contribution in [0.4, 0.5) is 5.69 Å². The molecule has 0 unspecified atom stereocenters. The molecular formula is C11H10NNaO4. The SMILES string of the molecule is O=C(O)C1=C(Nc2ccccc2)OCC1=O.[H-].[Na+]. The van der Waals surface area contributed by atoms with Gasteiger partial charge in [0.25, 0.3) is 0 Å². The number of para-hydroxylation sites is 1. The average Bonchev–Trinajstić information content (AvgIpc) is 2.61. The van der Waals surface area contributed by atoms with Crippen molar-refractivity contribution < 1.29 is 50.4 Å². The molecule has 0 spiro atoms. The molecule has 0 saturated carbocycles.